The number of halogens is 3. The van der Waals surface area contributed by atoms with Gasteiger partial charge in [0.1, 0.15) is 6.54 Å². The summed E-state index contributed by atoms with van der Waals surface area (Å²) in [5.74, 6) is -2.16. The van der Waals surface area contributed by atoms with Crippen LogP contribution < -0.4 is 0 Å². The first-order chi connectivity index (χ1) is 9.98. The lowest BCUT2D eigenvalue weighted by atomic mass is 10.1. The zero-order valence-corrected chi connectivity index (χ0v) is 12.8. The maximum Gasteiger partial charge on any atom is 0.406 e. The number of hydrogen-bond donors (Lipinski definition) is 0. The lowest BCUT2D eigenvalue weighted by Crippen LogP contribution is -2.42. The van der Waals surface area contributed by atoms with Gasteiger partial charge in [-0.05, 0) is 6.42 Å². The molecule has 2 atom stereocenters. The maximum atomic E-state index is 12.3. The molecule has 2 amide bonds. The molecule has 2 rings (SSSR count). The van der Waals surface area contributed by atoms with E-state index in [1.54, 1.807) is 0 Å². The molecule has 0 aromatic carbocycles. The molecule has 2 heterocycles. The molecule has 0 saturated carbocycles. The summed E-state index contributed by atoms with van der Waals surface area (Å²) in [6, 6.07) is -0.468. The fourth-order valence-corrected chi connectivity index (χ4v) is 4.63. The van der Waals surface area contributed by atoms with Crippen LogP contribution in [0.5, 0.6) is 0 Å². The van der Waals surface area contributed by atoms with E-state index in [-0.39, 0.29) is 24.5 Å². The van der Waals surface area contributed by atoms with E-state index < -0.39 is 46.3 Å². The van der Waals surface area contributed by atoms with Crippen LogP contribution in [0.15, 0.2) is 0 Å². The van der Waals surface area contributed by atoms with Crippen LogP contribution in [0.1, 0.15) is 12.8 Å². The topological polar surface area (TPSA) is 74.8 Å². The first-order valence-electron chi connectivity index (χ1n) is 6.80. The Balaban J connectivity index is 1.98. The number of amides is 2. The number of likely N-dealkylation sites (tertiary alicyclic amines) is 1. The second-order valence-electron chi connectivity index (χ2n) is 5.80. The van der Waals surface area contributed by atoms with E-state index in [0.717, 1.165) is 0 Å². The van der Waals surface area contributed by atoms with Crippen molar-refractivity contribution in [1.82, 2.24) is 9.80 Å². The van der Waals surface area contributed by atoms with Crippen molar-refractivity contribution in [3.63, 3.8) is 0 Å². The van der Waals surface area contributed by atoms with Crippen molar-refractivity contribution >= 4 is 21.7 Å². The predicted molar refractivity (Wildman–Crippen MR) is 70.6 cm³/mol. The van der Waals surface area contributed by atoms with Gasteiger partial charge in [0.05, 0.1) is 17.4 Å². The molecule has 2 fully saturated rings. The van der Waals surface area contributed by atoms with Gasteiger partial charge in [0.2, 0.25) is 11.8 Å². The van der Waals surface area contributed by atoms with E-state index in [9.17, 15) is 31.2 Å². The number of sulfone groups is 1. The molecule has 2 saturated heterocycles. The lowest BCUT2D eigenvalue weighted by molar-refractivity contribution is -0.157. The Kier molecular flexibility index (Phi) is 4.42. The zero-order chi connectivity index (χ0) is 16.7. The molecule has 0 aromatic rings. The van der Waals surface area contributed by atoms with Crippen molar-refractivity contribution in [2.45, 2.75) is 25.1 Å². The fraction of sp³-hybridized carbons (Fsp3) is 0.833. The van der Waals surface area contributed by atoms with Crippen LogP contribution in [0.3, 0.4) is 0 Å². The molecule has 2 aliphatic heterocycles. The highest BCUT2D eigenvalue weighted by molar-refractivity contribution is 7.91. The molecule has 0 unspecified atom stereocenters. The molecule has 0 bridgehead atoms. The molecule has 126 valence electrons. The average molecular weight is 342 g/mol. The van der Waals surface area contributed by atoms with Crippen LogP contribution in [0, 0.1) is 5.92 Å². The largest absolute Gasteiger partial charge is 0.406 e. The predicted octanol–water partition coefficient (Wildman–Crippen LogP) is 0.0427. The summed E-state index contributed by atoms with van der Waals surface area (Å²) in [5, 5.41) is 0. The average Bonchev–Trinajstić information content (AvgIpc) is 2.89. The van der Waals surface area contributed by atoms with Gasteiger partial charge in [-0.15, -0.1) is 0 Å². The highest BCUT2D eigenvalue weighted by Gasteiger charge is 2.43. The molecule has 0 spiro atoms. The summed E-state index contributed by atoms with van der Waals surface area (Å²) in [5.41, 5.74) is 0. The Hall–Kier alpha value is -1.32. The van der Waals surface area contributed by atoms with Crippen LogP contribution in [0.4, 0.5) is 13.2 Å². The van der Waals surface area contributed by atoms with Gasteiger partial charge < -0.3 is 9.80 Å². The third-order valence-electron chi connectivity index (χ3n) is 4.04. The van der Waals surface area contributed by atoms with Gasteiger partial charge >= 0.3 is 6.18 Å². The van der Waals surface area contributed by atoms with Crippen molar-refractivity contribution in [1.29, 1.82) is 0 Å². The minimum atomic E-state index is -4.50. The minimum Gasteiger partial charge on any atom is -0.341 e. The Morgan fingerprint density at radius 1 is 1.41 bits per heavy atom. The molecule has 0 radical (unpaired) electrons. The third kappa shape index (κ3) is 3.90. The van der Waals surface area contributed by atoms with Gasteiger partial charge in [0.15, 0.2) is 9.84 Å². The smallest absolute Gasteiger partial charge is 0.341 e. The van der Waals surface area contributed by atoms with E-state index in [1.165, 1.54) is 11.9 Å². The number of rotatable bonds is 3. The molecule has 2 aliphatic rings. The highest BCUT2D eigenvalue weighted by Crippen LogP contribution is 2.26. The van der Waals surface area contributed by atoms with Gasteiger partial charge in [-0.1, -0.05) is 0 Å². The van der Waals surface area contributed by atoms with Crippen LogP contribution in [0.2, 0.25) is 0 Å². The van der Waals surface area contributed by atoms with Crippen molar-refractivity contribution in [2.75, 3.05) is 31.6 Å². The minimum absolute atomic E-state index is 0.000910. The van der Waals surface area contributed by atoms with E-state index in [1.807, 2.05) is 0 Å². The second kappa shape index (κ2) is 5.71. The van der Waals surface area contributed by atoms with Crippen molar-refractivity contribution < 1.29 is 31.2 Å². The van der Waals surface area contributed by atoms with Crippen LogP contribution >= 0.6 is 0 Å². The van der Waals surface area contributed by atoms with E-state index in [4.69, 9.17) is 0 Å². The maximum absolute atomic E-state index is 12.3. The second-order valence-corrected chi connectivity index (χ2v) is 8.03. The highest BCUT2D eigenvalue weighted by atomic mass is 32.2. The zero-order valence-electron chi connectivity index (χ0n) is 12.0. The van der Waals surface area contributed by atoms with Crippen LogP contribution in [-0.2, 0) is 19.4 Å². The Morgan fingerprint density at radius 2 is 2.05 bits per heavy atom. The van der Waals surface area contributed by atoms with Crippen molar-refractivity contribution in [2.24, 2.45) is 5.92 Å². The van der Waals surface area contributed by atoms with Gasteiger partial charge in [-0.2, -0.15) is 13.2 Å². The molecular weight excluding hydrogens is 325 g/mol. The molecule has 0 N–H and O–H groups in total. The van der Waals surface area contributed by atoms with E-state index in [2.05, 4.69) is 0 Å². The van der Waals surface area contributed by atoms with Crippen molar-refractivity contribution in [3.8, 4) is 0 Å². The SMILES string of the molecule is CN(C(=O)[C@H]1CC(=O)N(CC(F)(F)F)C1)[C@H]1CCS(=O)(=O)C1. The Bertz CT molecular complexity index is 575. The number of nitrogens with zero attached hydrogens (tertiary/aromatic N) is 2. The monoisotopic (exact) mass is 342 g/mol. The molecule has 0 aliphatic carbocycles. The molecule has 10 heteroatoms. The summed E-state index contributed by atoms with van der Waals surface area (Å²) in [4.78, 5) is 25.7. The Labute approximate surface area is 126 Å². The third-order valence-corrected chi connectivity index (χ3v) is 5.79. The summed E-state index contributed by atoms with van der Waals surface area (Å²) in [6.07, 6.45) is -4.45. The summed E-state index contributed by atoms with van der Waals surface area (Å²) >= 11 is 0. The van der Waals surface area contributed by atoms with E-state index >= 15 is 0 Å². The van der Waals surface area contributed by atoms with Gasteiger partial charge in [0.25, 0.3) is 0 Å². The molecule has 0 aromatic heterocycles. The molecule has 22 heavy (non-hydrogen) atoms. The summed E-state index contributed by atoms with van der Waals surface area (Å²) in [7, 11) is -1.73. The summed E-state index contributed by atoms with van der Waals surface area (Å²) < 4.78 is 59.9. The van der Waals surface area contributed by atoms with Gasteiger partial charge in [-0.25, -0.2) is 8.42 Å². The quantitative estimate of drug-likeness (QED) is 0.726. The lowest BCUT2D eigenvalue weighted by Gasteiger charge is -2.26. The number of alkyl halides is 3. The van der Waals surface area contributed by atoms with Crippen LogP contribution in [0.25, 0.3) is 0 Å². The summed E-state index contributed by atoms with van der Waals surface area (Å²) in [6.45, 7) is -1.64. The van der Waals surface area contributed by atoms with Gasteiger partial charge in [-0.3, -0.25) is 9.59 Å². The first kappa shape index (κ1) is 17.0. The Morgan fingerprint density at radius 3 is 2.55 bits per heavy atom. The first-order valence-corrected chi connectivity index (χ1v) is 8.62. The number of hydrogen-bond acceptors (Lipinski definition) is 4. The fourth-order valence-electron chi connectivity index (χ4n) is 2.86. The molecule has 6 nitrogen and oxygen atoms in total. The standard InChI is InChI=1S/C12H17F3N2O4S/c1-16(9-2-3-22(20,21)6-9)11(19)8-4-10(18)17(5-8)7-12(13,14)15/h8-9H,2-7H2,1H3/t8-,9-/m0/s1. The van der Waals surface area contributed by atoms with Crippen molar-refractivity contribution in [3.05, 3.63) is 0 Å². The number of carbonyl (C=O) groups is 2. The van der Waals surface area contributed by atoms with Crippen LogP contribution in [-0.4, -0.2) is 73.9 Å². The normalized spacial score (nSPS) is 28.2. The van der Waals surface area contributed by atoms with Gasteiger partial charge in [0, 0.05) is 26.1 Å². The number of carbonyl (C=O) groups excluding carboxylic acids is 2. The molecular formula is C12H17F3N2O4S. The van der Waals surface area contributed by atoms with E-state index in [0.29, 0.717) is 11.3 Å².